The Bertz CT molecular complexity index is 1100. The summed E-state index contributed by atoms with van der Waals surface area (Å²) in [5.74, 6) is 0.119. The molecule has 0 radical (unpaired) electrons. The molecule has 0 spiro atoms. The molecule has 1 fully saturated rings. The third-order valence-corrected chi connectivity index (χ3v) is 7.27. The van der Waals surface area contributed by atoms with Crippen LogP contribution in [-0.2, 0) is 17.8 Å². The number of nitrogens with zero attached hydrogens (tertiary/aromatic N) is 4. The van der Waals surface area contributed by atoms with Gasteiger partial charge in [-0.3, -0.25) is 9.59 Å². The molecule has 0 atom stereocenters. The Hall–Kier alpha value is -2.39. The highest BCUT2D eigenvalue weighted by atomic mass is 32.2. The number of carbonyl (C=O) groups excluding carboxylic acids is 1. The van der Waals surface area contributed by atoms with E-state index in [2.05, 4.69) is 57.7 Å². The van der Waals surface area contributed by atoms with E-state index in [4.69, 9.17) is 0 Å². The van der Waals surface area contributed by atoms with E-state index < -0.39 is 0 Å². The van der Waals surface area contributed by atoms with Crippen LogP contribution in [0.4, 0.5) is 5.13 Å². The van der Waals surface area contributed by atoms with Crippen LogP contribution in [0.2, 0.25) is 0 Å². The number of anilines is 1. The summed E-state index contributed by atoms with van der Waals surface area (Å²) >= 11 is 3.15. The van der Waals surface area contributed by atoms with Crippen molar-refractivity contribution < 1.29 is 4.79 Å². The Balaban J connectivity index is 1.34. The first-order chi connectivity index (χ1) is 15.1. The average Bonchev–Trinajstić information content (AvgIpc) is 3.23. The minimum Gasteiger partial charge on any atom is -0.352 e. The van der Waals surface area contributed by atoms with Gasteiger partial charge in [0.15, 0.2) is 0 Å². The SMILES string of the molecule is CCCc1cc(=O)n2nc(N3CCC(C(=O)NCc4ccc(SC)cc4)CC3)sc2n1. The number of carbonyl (C=O) groups is 1. The smallest absolute Gasteiger partial charge is 0.275 e. The van der Waals surface area contributed by atoms with Crippen molar-refractivity contribution in [3.05, 3.63) is 51.9 Å². The molecule has 3 heterocycles. The van der Waals surface area contributed by atoms with Crippen LogP contribution >= 0.6 is 23.1 Å². The number of benzene rings is 1. The number of thioether (sulfide) groups is 1. The molecule has 9 heteroatoms. The van der Waals surface area contributed by atoms with E-state index in [1.807, 2.05) is 0 Å². The zero-order chi connectivity index (χ0) is 21.8. The molecule has 0 saturated carbocycles. The Morgan fingerprint density at radius 1 is 1.26 bits per heavy atom. The second-order valence-electron chi connectivity index (χ2n) is 7.74. The van der Waals surface area contributed by atoms with Gasteiger partial charge in [0.25, 0.3) is 5.56 Å². The summed E-state index contributed by atoms with van der Waals surface area (Å²) in [5, 5.41) is 8.35. The molecule has 0 unspecified atom stereocenters. The van der Waals surface area contributed by atoms with Crippen molar-refractivity contribution in [1.82, 2.24) is 19.9 Å². The van der Waals surface area contributed by atoms with Crippen LogP contribution in [0.25, 0.3) is 4.96 Å². The fraction of sp³-hybridized carbons (Fsp3) is 0.455. The number of aromatic nitrogens is 3. The predicted molar refractivity (Wildman–Crippen MR) is 126 cm³/mol. The van der Waals surface area contributed by atoms with Crippen molar-refractivity contribution >= 4 is 39.1 Å². The van der Waals surface area contributed by atoms with Gasteiger partial charge in [-0.25, -0.2) is 4.98 Å². The molecule has 2 aromatic heterocycles. The first-order valence-electron chi connectivity index (χ1n) is 10.6. The summed E-state index contributed by atoms with van der Waals surface area (Å²) in [5.41, 5.74) is 1.80. The van der Waals surface area contributed by atoms with Gasteiger partial charge >= 0.3 is 0 Å². The number of nitrogens with one attached hydrogen (secondary N) is 1. The first kappa shape index (κ1) is 21.8. The molecule has 1 amide bonds. The molecule has 4 rings (SSSR count). The van der Waals surface area contributed by atoms with E-state index in [-0.39, 0.29) is 17.4 Å². The fourth-order valence-corrected chi connectivity index (χ4v) is 5.15. The van der Waals surface area contributed by atoms with Crippen molar-refractivity contribution in [2.45, 2.75) is 44.0 Å². The average molecular weight is 458 g/mol. The van der Waals surface area contributed by atoms with E-state index in [1.165, 1.54) is 20.7 Å². The molecule has 164 valence electrons. The number of rotatable bonds is 7. The zero-order valence-corrected chi connectivity index (χ0v) is 19.5. The van der Waals surface area contributed by atoms with Crippen LogP contribution in [0, 0.1) is 5.92 Å². The number of hydrogen-bond acceptors (Lipinski definition) is 7. The molecule has 0 bridgehead atoms. The Labute approximate surface area is 189 Å². The summed E-state index contributed by atoms with van der Waals surface area (Å²) in [6, 6.07) is 9.85. The third-order valence-electron chi connectivity index (χ3n) is 5.56. The topological polar surface area (TPSA) is 79.6 Å². The van der Waals surface area contributed by atoms with Crippen LogP contribution in [0.5, 0.6) is 0 Å². The van der Waals surface area contributed by atoms with Crippen molar-refractivity contribution in [1.29, 1.82) is 0 Å². The van der Waals surface area contributed by atoms with Gasteiger partial charge in [0.05, 0.1) is 0 Å². The minimum atomic E-state index is -0.129. The summed E-state index contributed by atoms with van der Waals surface area (Å²) in [4.78, 5) is 33.5. The quantitative estimate of drug-likeness (QED) is 0.548. The number of aryl methyl sites for hydroxylation is 1. The summed E-state index contributed by atoms with van der Waals surface area (Å²) in [6.07, 6.45) is 5.34. The lowest BCUT2D eigenvalue weighted by atomic mass is 9.96. The summed E-state index contributed by atoms with van der Waals surface area (Å²) < 4.78 is 1.39. The maximum absolute atomic E-state index is 12.6. The van der Waals surface area contributed by atoms with E-state index in [1.54, 1.807) is 17.8 Å². The van der Waals surface area contributed by atoms with Gasteiger partial charge in [-0.15, -0.1) is 16.9 Å². The van der Waals surface area contributed by atoms with E-state index in [0.717, 1.165) is 55.2 Å². The second kappa shape index (κ2) is 9.82. The molecule has 0 aliphatic carbocycles. The fourth-order valence-electron chi connectivity index (χ4n) is 3.77. The van der Waals surface area contributed by atoms with E-state index >= 15 is 0 Å². The minimum absolute atomic E-state index is 0.00750. The highest BCUT2D eigenvalue weighted by molar-refractivity contribution is 7.98. The summed E-state index contributed by atoms with van der Waals surface area (Å²) in [7, 11) is 0. The lowest BCUT2D eigenvalue weighted by Crippen LogP contribution is -2.40. The lowest BCUT2D eigenvalue weighted by Gasteiger charge is -2.30. The highest BCUT2D eigenvalue weighted by Crippen LogP contribution is 2.27. The molecule has 31 heavy (non-hydrogen) atoms. The highest BCUT2D eigenvalue weighted by Gasteiger charge is 2.26. The van der Waals surface area contributed by atoms with Crippen molar-refractivity contribution in [3.63, 3.8) is 0 Å². The van der Waals surface area contributed by atoms with E-state index in [9.17, 15) is 9.59 Å². The molecule has 3 aromatic rings. The first-order valence-corrected chi connectivity index (χ1v) is 12.7. The van der Waals surface area contributed by atoms with Crippen LogP contribution < -0.4 is 15.8 Å². The van der Waals surface area contributed by atoms with Gasteiger partial charge in [-0.05, 0) is 43.2 Å². The Morgan fingerprint density at radius 3 is 2.68 bits per heavy atom. The lowest BCUT2D eigenvalue weighted by molar-refractivity contribution is -0.125. The van der Waals surface area contributed by atoms with Crippen molar-refractivity contribution in [2.75, 3.05) is 24.2 Å². The van der Waals surface area contributed by atoms with Crippen molar-refractivity contribution in [2.24, 2.45) is 5.92 Å². The molecular weight excluding hydrogens is 430 g/mol. The van der Waals surface area contributed by atoms with Gasteiger partial charge in [0.1, 0.15) is 0 Å². The second-order valence-corrected chi connectivity index (χ2v) is 9.56. The Kier molecular flexibility index (Phi) is 6.92. The maximum Gasteiger partial charge on any atom is 0.275 e. The van der Waals surface area contributed by atoms with E-state index in [0.29, 0.717) is 11.5 Å². The maximum atomic E-state index is 12.6. The van der Waals surface area contributed by atoms with Crippen LogP contribution in [0.3, 0.4) is 0 Å². The van der Waals surface area contributed by atoms with Gasteiger partial charge in [0.2, 0.25) is 16.0 Å². The predicted octanol–water partition coefficient (Wildman–Crippen LogP) is 3.36. The number of hydrogen-bond donors (Lipinski definition) is 1. The van der Waals surface area contributed by atoms with Crippen LogP contribution in [-0.4, -0.2) is 39.9 Å². The van der Waals surface area contributed by atoms with Crippen LogP contribution in [0.15, 0.2) is 40.0 Å². The molecule has 1 aliphatic heterocycles. The molecule has 1 N–H and O–H groups in total. The van der Waals surface area contributed by atoms with Gasteiger partial charge in [-0.1, -0.05) is 36.8 Å². The molecule has 1 saturated heterocycles. The third kappa shape index (κ3) is 5.10. The monoisotopic (exact) mass is 457 g/mol. The number of piperidine rings is 1. The Morgan fingerprint density at radius 2 is 2.00 bits per heavy atom. The zero-order valence-electron chi connectivity index (χ0n) is 17.8. The van der Waals surface area contributed by atoms with Crippen LogP contribution in [0.1, 0.15) is 37.4 Å². The number of fused-ring (bicyclic) bond motifs is 1. The molecule has 1 aliphatic rings. The normalized spacial score (nSPS) is 14.8. The van der Waals surface area contributed by atoms with Gasteiger partial charge in [0, 0.05) is 42.2 Å². The molecule has 1 aromatic carbocycles. The largest absolute Gasteiger partial charge is 0.352 e. The molecular formula is C22H27N5O2S2. The van der Waals surface area contributed by atoms with Crippen molar-refractivity contribution in [3.8, 4) is 0 Å². The standard InChI is InChI=1S/C22H27N5O2S2/c1-3-4-17-13-19(28)27-21(24-17)31-22(25-27)26-11-9-16(10-12-26)20(29)23-14-15-5-7-18(30-2)8-6-15/h5-8,13,16H,3-4,9-12,14H2,1-2H3,(H,23,29). The molecule has 7 nitrogen and oxygen atoms in total. The summed E-state index contributed by atoms with van der Waals surface area (Å²) in [6.45, 7) is 4.12. The van der Waals surface area contributed by atoms with Gasteiger partial charge < -0.3 is 10.2 Å². The van der Waals surface area contributed by atoms with Gasteiger partial charge in [-0.2, -0.15) is 4.52 Å². The number of amides is 1.